The van der Waals surface area contributed by atoms with E-state index < -0.39 is 6.10 Å². The van der Waals surface area contributed by atoms with Gasteiger partial charge in [0.25, 0.3) is 0 Å². The molecule has 0 spiro atoms. The number of rotatable bonds is 12. The molecule has 0 aliphatic carbocycles. The van der Waals surface area contributed by atoms with E-state index in [-0.39, 0.29) is 11.8 Å². The number of unbranched alkanes of at least 4 members (excludes halogenated alkanes) is 1. The fourth-order valence-corrected chi connectivity index (χ4v) is 3.89. The third-order valence-electron chi connectivity index (χ3n) is 4.30. The molecule has 0 unspecified atom stereocenters. The van der Waals surface area contributed by atoms with Crippen molar-refractivity contribution in [1.82, 2.24) is 10.9 Å². The number of thioether (sulfide) groups is 1. The Morgan fingerprint density at radius 2 is 1.89 bits per heavy atom. The second-order valence-electron chi connectivity index (χ2n) is 7.42. The molecule has 2 atom stereocenters. The number of amides is 1. The first kappa shape index (κ1) is 24.7. The molecular formula is C21H35N3O2S2. The van der Waals surface area contributed by atoms with Crippen LogP contribution < -0.4 is 16.2 Å². The molecule has 158 valence electrons. The van der Waals surface area contributed by atoms with Gasteiger partial charge in [-0.3, -0.25) is 15.6 Å². The van der Waals surface area contributed by atoms with Crippen molar-refractivity contribution < 1.29 is 9.90 Å². The number of nitrogens with one attached hydrogen (secondary N) is 3. The largest absolute Gasteiger partial charge is 0.392 e. The van der Waals surface area contributed by atoms with Gasteiger partial charge in [0.15, 0.2) is 5.11 Å². The first-order chi connectivity index (χ1) is 13.4. The number of hydrogen-bond donors (Lipinski definition) is 4. The van der Waals surface area contributed by atoms with Crippen LogP contribution in [-0.2, 0) is 4.79 Å². The number of anilines is 1. The van der Waals surface area contributed by atoms with E-state index in [0.717, 1.165) is 37.1 Å². The van der Waals surface area contributed by atoms with Crippen LogP contribution in [-0.4, -0.2) is 33.7 Å². The fraction of sp³-hybridized carbons (Fsp3) is 0.619. The molecule has 0 aromatic heterocycles. The van der Waals surface area contributed by atoms with Gasteiger partial charge >= 0.3 is 0 Å². The van der Waals surface area contributed by atoms with Gasteiger partial charge in [-0.05, 0) is 55.3 Å². The fourth-order valence-electron chi connectivity index (χ4n) is 2.66. The molecule has 0 bridgehead atoms. The minimum absolute atomic E-state index is 0.129. The summed E-state index contributed by atoms with van der Waals surface area (Å²) in [6, 6.07) is 9.53. The second kappa shape index (κ2) is 14.7. The summed E-state index contributed by atoms with van der Waals surface area (Å²) in [5, 5.41) is 13.7. The van der Waals surface area contributed by atoms with E-state index in [1.807, 2.05) is 30.3 Å². The molecule has 0 radical (unpaired) electrons. The molecule has 1 amide bonds. The van der Waals surface area contributed by atoms with Gasteiger partial charge in [-0.25, -0.2) is 0 Å². The average Bonchev–Trinajstić information content (AvgIpc) is 2.67. The molecule has 0 fully saturated rings. The molecule has 5 nitrogen and oxygen atoms in total. The lowest BCUT2D eigenvalue weighted by atomic mass is 9.92. The molecule has 1 rings (SSSR count). The summed E-state index contributed by atoms with van der Waals surface area (Å²) < 4.78 is 0. The normalized spacial score (nSPS) is 13.0. The summed E-state index contributed by atoms with van der Waals surface area (Å²) >= 11 is 6.98. The lowest BCUT2D eigenvalue weighted by Crippen LogP contribution is -2.46. The Bertz CT molecular complexity index is 570. The average molecular weight is 426 g/mol. The summed E-state index contributed by atoms with van der Waals surface area (Å²) in [7, 11) is 0. The first-order valence-corrected chi connectivity index (χ1v) is 11.7. The van der Waals surface area contributed by atoms with Gasteiger partial charge in [-0.2, -0.15) is 11.8 Å². The third kappa shape index (κ3) is 11.5. The van der Waals surface area contributed by atoms with Crippen LogP contribution in [0.15, 0.2) is 30.3 Å². The summed E-state index contributed by atoms with van der Waals surface area (Å²) in [5.74, 6) is 1.87. The lowest BCUT2D eigenvalue weighted by Gasteiger charge is -2.21. The van der Waals surface area contributed by atoms with Gasteiger partial charge in [0.1, 0.15) is 0 Å². The Morgan fingerprint density at radius 1 is 1.18 bits per heavy atom. The minimum atomic E-state index is -0.473. The third-order valence-corrected chi connectivity index (χ3v) is 5.71. The molecule has 0 heterocycles. The Balaban J connectivity index is 2.47. The van der Waals surface area contributed by atoms with Crippen LogP contribution in [0.25, 0.3) is 0 Å². The number of para-hydroxylation sites is 1. The van der Waals surface area contributed by atoms with Crippen LogP contribution in [0.5, 0.6) is 0 Å². The van der Waals surface area contributed by atoms with Crippen LogP contribution in [0, 0.1) is 11.8 Å². The molecular weight excluding hydrogens is 390 g/mol. The molecule has 4 N–H and O–H groups in total. The maximum Gasteiger partial charge on any atom is 0.241 e. The highest BCUT2D eigenvalue weighted by Gasteiger charge is 2.22. The number of carbonyl (C=O) groups is 1. The predicted molar refractivity (Wildman–Crippen MR) is 124 cm³/mol. The summed E-state index contributed by atoms with van der Waals surface area (Å²) in [4.78, 5) is 12.6. The van der Waals surface area contributed by atoms with Crippen LogP contribution >= 0.6 is 24.0 Å². The maximum atomic E-state index is 12.6. The van der Waals surface area contributed by atoms with Crippen molar-refractivity contribution in [3.63, 3.8) is 0 Å². The SMILES string of the molecule is CCCCSC[C@H](O)C[C@@H](CCC(C)C)C(=O)NNC(=S)Nc1ccccc1. The van der Waals surface area contributed by atoms with Crippen LogP contribution in [0.1, 0.15) is 52.9 Å². The number of thiocarbonyl (C=S) groups is 1. The number of aliphatic hydroxyl groups excluding tert-OH is 1. The van der Waals surface area contributed by atoms with Crippen molar-refractivity contribution in [1.29, 1.82) is 0 Å². The van der Waals surface area contributed by atoms with E-state index >= 15 is 0 Å². The Kier molecular flexibility index (Phi) is 12.9. The zero-order chi connectivity index (χ0) is 20.8. The standard InChI is InChI=1S/C21H35N3O2S2/c1-4-5-13-28-15-19(25)14-17(12-11-16(2)3)20(26)23-24-21(27)22-18-9-7-6-8-10-18/h6-10,16-17,19,25H,4-5,11-15H2,1-3H3,(H,23,26)(H2,22,24,27)/t17-,19-/m1/s1. The van der Waals surface area contributed by atoms with Crippen molar-refractivity contribution in [3.05, 3.63) is 30.3 Å². The van der Waals surface area contributed by atoms with Crippen molar-refractivity contribution in [2.45, 2.75) is 59.0 Å². The molecule has 0 aliphatic rings. The lowest BCUT2D eigenvalue weighted by molar-refractivity contribution is -0.126. The molecule has 0 aliphatic heterocycles. The Morgan fingerprint density at radius 3 is 2.54 bits per heavy atom. The van der Waals surface area contributed by atoms with Gasteiger partial charge in [0, 0.05) is 17.4 Å². The molecule has 7 heteroatoms. The van der Waals surface area contributed by atoms with Gasteiger partial charge in [-0.15, -0.1) is 0 Å². The molecule has 0 saturated carbocycles. The van der Waals surface area contributed by atoms with E-state index in [2.05, 4.69) is 36.9 Å². The topological polar surface area (TPSA) is 73.4 Å². The molecule has 1 aromatic carbocycles. The van der Waals surface area contributed by atoms with Crippen molar-refractivity contribution in [2.75, 3.05) is 16.8 Å². The number of hydrogen-bond acceptors (Lipinski definition) is 4. The highest BCUT2D eigenvalue weighted by Crippen LogP contribution is 2.20. The Hall–Kier alpha value is -1.31. The van der Waals surface area contributed by atoms with Crippen molar-refractivity contribution in [2.24, 2.45) is 11.8 Å². The number of carbonyl (C=O) groups excluding carboxylic acids is 1. The summed E-state index contributed by atoms with van der Waals surface area (Å²) in [6.45, 7) is 6.44. The van der Waals surface area contributed by atoms with Crippen LogP contribution in [0.4, 0.5) is 5.69 Å². The van der Waals surface area contributed by atoms with Gasteiger partial charge < -0.3 is 10.4 Å². The molecule has 1 aromatic rings. The summed E-state index contributed by atoms with van der Waals surface area (Å²) in [5.41, 5.74) is 6.32. The predicted octanol–water partition coefficient (Wildman–Crippen LogP) is 4.34. The van der Waals surface area contributed by atoms with Crippen molar-refractivity contribution >= 4 is 40.7 Å². The van der Waals surface area contributed by atoms with E-state index in [1.54, 1.807) is 11.8 Å². The smallest absolute Gasteiger partial charge is 0.241 e. The van der Waals surface area contributed by atoms with E-state index in [9.17, 15) is 9.90 Å². The highest BCUT2D eigenvalue weighted by molar-refractivity contribution is 7.99. The summed E-state index contributed by atoms with van der Waals surface area (Å²) in [6.07, 6.45) is 4.01. The highest BCUT2D eigenvalue weighted by atomic mass is 32.2. The van der Waals surface area contributed by atoms with Gasteiger partial charge in [0.05, 0.1) is 6.10 Å². The first-order valence-electron chi connectivity index (χ1n) is 10.1. The molecule has 28 heavy (non-hydrogen) atoms. The zero-order valence-electron chi connectivity index (χ0n) is 17.2. The number of benzene rings is 1. The minimum Gasteiger partial charge on any atom is -0.392 e. The van der Waals surface area contributed by atoms with Gasteiger partial charge in [-0.1, -0.05) is 51.8 Å². The van der Waals surface area contributed by atoms with E-state index in [4.69, 9.17) is 12.2 Å². The van der Waals surface area contributed by atoms with Gasteiger partial charge in [0.2, 0.25) is 5.91 Å². The van der Waals surface area contributed by atoms with E-state index in [0.29, 0.717) is 23.2 Å². The second-order valence-corrected chi connectivity index (χ2v) is 8.98. The Labute approximate surface area is 179 Å². The quantitative estimate of drug-likeness (QED) is 0.227. The van der Waals surface area contributed by atoms with E-state index in [1.165, 1.54) is 0 Å². The monoisotopic (exact) mass is 425 g/mol. The van der Waals surface area contributed by atoms with Crippen LogP contribution in [0.3, 0.4) is 0 Å². The number of aliphatic hydroxyl groups is 1. The van der Waals surface area contributed by atoms with Crippen molar-refractivity contribution in [3.8, 4) is 0 Å². The zero-order valence-corrected chi connectivity index (χ0v) is 18.9. The molecule has 0 saturated heterocycles. The van der Waals surface area contributed by atoms with Crippen LogP contribution in [0.2, 0.25) is 0 Å². The number of hydrazine groups is 1. The maximum absolute atomic E-state index is 12.6.